The number of hydrogen-bond acceptors (Lipinski definition) is 2. The molecule has 0 spiro atoms. The van der Waals surface area contributed by atoms with E-state index in [1.54, 1.807) is 6.07 Å². The number of anilines is 1. The summed E-state index contributed by atoms with van der Waals surface area (Å²) in [7, 11) is 1.93. The van der Waals surface area contributed by atoms with Crippen LogP contribution in [-0.2, 0) is 6.42 Å². The number of halogens is 1. The zero-order valence-electron chi connectivity index (χ0n) is 11.9. The van der Waals surface area contributed by atoms with Gasteiger partial charge in [0.2, 0.25) is 0 Å². The maximum Gasteiger partial charge on any atom is 0.146 e. The highest BCUT2D eigenvalue weighted by Crippen LogP contribution is 2.21. The molecule has 0 saturated heterocycles. The topological polar surface area (TPSA) is 29.3 Å². The molecule has 0 aliphatic carbocycles. The van der Waals surface area contributed by atoms with Gasteiger partial charge in [0.1, 0.15) is 5.82 Å². The third kappa shape index (κ3) is 4.30. The first-order chi connectivity index (χ1) is 8.43. The molecule has 0 saturated carbocycles. The van der Waals surface area contributed by atoms with Crippen molar-refractivity contribution in [2.24, 2.45) is 11.7 Å². The minimum absolute atomic E-state index is 0.114. The minimum Gasteiger partial charge on any atom is -0.372 e. The van der Waals surface area contributed by atoms with Gasteiger partial charge in [-0.1, -0.05) is 26.8 Å². The zero-order valence-corrected chi connectivity index (χ0v) is 11.9. The van der Waals surface area contributed by atoms with Crippen LogP contribution in [0.25, 0.3) is 0 Å². The second-order valence-corrected chi connectivity index (χ2v) is 5.43. The Morgan fingerprint density at radius 1 is 1.33 bits per heavy atom. The lowest BCUT2D eigenvalue weighted by Crippen LogP contribution is -2.24. The van der Waals surface area contributed by atoms with Gasteiger partial charge in [0.15, 0.2) is 0 Å². The quantitative estimate of drug-likeness (QED) is 0.842. The van der Waals surface area contributed by atoms with Gasteiger partial charge in [0.25, 0.3) is 0 Å². The molecule has 1 aromatic rings. The highest BCUT2D eigenvalue weighted by Gasteiger charge is 2.10. The van der Waals surface area contributed by atoms with Crippen molar-refractivity contribution < 1.29 is 4.39 Å². The van der Waals surface area contributed by atoms with Gasteiger partial charge >= 0.3 is 0 Å². The van der Waals surface area contributed by atoms with Gasteiger partial charge < -0.3 is 10.6 Å². The molecule has 2 nitrogen and oxygen atoms in total. The van der Waals surface area contributed by atoms with Crippen molar-refractivity contribution in [3.05, 3.63) is 29.6 Å². The molecule has 0 amide bonds. The van der Waals surface area contributed by atoms with Crippen LogP contribution < -0.4 is 10.6 Å². The van der Waals surface area contributed by atoms with Crippen LogP contribution >= 0.6 is 0 Å². The van der Waals surface area contributed by atoms with Crippen LogP contribution in [0.5, 0.6) is 0 Å². The SMILES string of the molecule is CCC(N)Cc1ccc(N(C)CC(C)C)c(F)c1. The van der Waals surface area contributed by atoms with Crippen LogP contribution in [0.1, 0.15) is 32.8 Å². The monoisotopic (exact) mass is 252 g/mol. The molecular formula is C15H25FN2. The highest BCUT2D eigenvalue weighted by atomic mass is 19.1. The van der Waals surface area contributed by atoms with Crippen molar-refractivity contribution in [3.63, 3.8) is 0 Å². The van der Waals surface area contributed by atoms with Crippen LogP contribution in [-0.4, -0.2) is 19.6 Å². The molecule has 0 heterocycles. The molecule has 0 aliphatic rings. The van der Waals surface area contributed by atoms with Gasteiger partial charge in [-0.05, 0) is 36.5 Å². The second-order valence-electron chi connectivity index (χ2n) is 5.43. The Kier molecular flexibility index (Phi) is 5.60. The van der Waals surface area contributed by atoms with Crippen molar-refractivity contribution in [3.8, 4) is 0 Å². The first-order valence-electron chi connectivity index (χ1n) is 6.69. The molecule has 2 N–H and O–H groups in total. The van der Waals surface area contributed by atoms with E-state index in [1.807, 2.05) is 31.0 Å². The largest absolute Gasteiger partial charge is 0.372 e. The fraction of sp³-hybridized carbons (Fsp3) is 0.600. The maximum atomic E-state index is 14.0. The normalized spacial score (nSPS) is 12.8. The van der Waals surface area contributed by atoms with Crippen LogP contribution in [0.15, 0.2) is 18.2 Å². The van der Waals surface area contributed by atoms with E-state index < -0.39 is 0 Å². The number of nitrogens with zero attached hydrogens (tertiary/aromatic N) is 1. The van der Waals surface area contributed by atoms with Gasteiger partial charge in [0, 0.05) is 19.6 Å². The van der Waals surface area contributed by atoms with Crippen molar-refractivity contribution >= 4 is 5.69 Å². The van der Waals surface area contributed by atoms with E-state index in [0.717, 1.165) is 24.9 Å². The van der Waals surface area contributed by atoms with Crippen molar-refractivity contribution in [1.82, 2.24) is 0 Å². The first kappa shape index (κ1) is 15.0. The molecule has 1 atom stereocenters. The Labute approximate surface area is 110 Å². The van der Waals surface area contributed by atoms with E-state index in [0.29, 0.717) is 11.6 Å². The molecule has 0 bridgehead atoms. The molecule has 0 aromatic heterocycles. The molecule has 1 rings (SSSR count). The number of benzene rings is 1. The molecular weight excluding hydrogens is 227 g/mol. The minimum atomic E-state index is -0.154. The average Bonchev–Trinajstić information content (AvgIpc) is 2.27. The number of rotatable bonds is 6. The van der Waals surface area contributed by atoms with Crippen LogP contribution in [0.2, 0.25) is 0 Å². The van der Waals surface area contributed by atoms with E-state index in [9.17, 15) is 4.39 Å². The molecule has 1 unspecified atom stereocenters. The summed E-state index contributed by atoms with van der Waals surface area (Å²) in [4.78, 5) is 1.96. The van der Waals surface area contributed by atoms with E-state index in [2.05, 4.69) is 13.8 Å². The lowest BCUT2D eigenvalue weighted by atomic mass is 10.0. The van der Waals surface area contributed by atoms with E-state index in [1.165, 1.54) is 0 Å². The lowest BCUT2D eigenvalue weighted by molar-refractivity contribution is 0.594. The summed E-state index contributed by atoms with van der Waals surface area (Å²) < 4.78 is 14.0. The summed E-state index contributed by atoms with van der Waals surface area (Å²) in [6.45, 7) is 7.16. The number of nitrogens with two attached hydrogens (primary N) is 1. The molecule has 1 aromatic carbocycles. The van der Waals surface area contributed by atoms with Crippen LogP contribution in [0, 0.1) is 11.7 Å². The predicted molar refractivity (Wildman–Crippen MR) is 76.5 cm³/mol. The Morgan fingerprint density at radius 2 is 2.00 bits per heavy atom. The smallest absolute Gasteiger partial charge is 0.146 e. The molecule has 3 heteroatoms. The van der Waals surface area contributed by atoms with Gasteiger partial charge in [-0.2, -0.15) is 0 Å². The lowest BCUT2D eigenvalue weighted by Gasteiger charge is -2.22. The van der Waals surface area contributed by atoms with Crippen molar-refractivity contribution in [2.75, 3.05) is 18.5 Å². The third-order valence-corrected chi connectivity index (χ3v) is 3.08. The number of hydrogen-bond donors (Lipinski definition) is 1. The predicted octanol–water partition coefficient (Wildman–Crippen LogP) is 3.20. The molecule has 102 valence electrons. The Hall–Kier alpha value is -1.09. The van der Waals surface area contributed by atoms with Crippen molar-refractivity contribution in [2.45, 2.75) is 39.7 Å². The van der Waals surface area contributed by atoms with Crippen molar-refractivity contribution in [1.29, 1.82) is 0 Å². The summed E-state index contributed by atoms with van der Waals surface area (Å²) in [6.07, 6.45) is 1.65. The van der Waals surface area contributed by atoms with Gasteiger partial charge in [-0.3, -0.25) is 0 Å². The maximum absolute atomic E-state index is 14.0. The third-order valence-electron chi connectivity index (χ3n) is 3.08. The van der Waals surface area contributed by atoms with Gasteiger partial charge in [-0.25, -0.2) is 4.39 Å². The fourth-order valence-corrected chi connectivity index (χ4v) is 2.08. The van der Waals surface area contributed by atoms with E-state index in [-0.39, 0.29) is 11.9 Å². The summed E-state index contributed by atoms with van der Waals surface area (Å²) in [5, 5.41) is 0. The summed E-state index contributed by atoms with van der Waals surface area (Å²) in [5.74, 6) is 0.363. The van der Waals surface area contributed by atoms with Gasteiger partial charge in [0.05, 0.1) is 5.69 Å². The zero-order chi connectivity index (χ0) is 13.7. The van der Waals surface area contributed by atoms with Gasteiger partial charge in [-0.15, -0.1) is 0 Å². The summed E-state index contributed by atoms with van der Waals surface area (Å²) >= 11 is 0. The summed E-state index contributed by atoms with van der Waals surface area (Å²) in [5.41, 5.74) is 7.53. The van der Waals surface area contributed by atoms with E-state index >= 15 is 0 Å². The standard InChI is InChI=1S/C15H25FN2/c1-5-13(17)8-12-6-7-15(14(16)9-12)18(4)10-11(2)3/h6-7,9,11,13H,5,8,10,17H2,1-4H3. The molecule has 18 heavy (non-hydrogen) atoms. The summed E-state index contributed by atoms with van der Waals surface area (Å²) in [6, 6.07) is 5.56. The Balaban J connectivity index is 2.79. The average molecular weight is 252 g/mol. The molecule has 0 fully saturated rings. The van der Waals surface area contributed by atoms with Crippen LogP contribution in [0.4, 0.5) is 10.1 Å². The highest BCUT2D eigenvalue weighted by molar-refractivity contribution is 5.48. The Bertz CT molecular complexity index is 377. The second kappa shape index (κ2) is 6.74. The fourth-order valence-electron chi connectivity index (χ4n) is 2.08. The molecule has 0 radical (unpaired) electrons. The van der Waals surface area contributed by atoms with E-state index in [4.69, 9.17) is 5.73 Å². The molecule has 0 aliphatic heterocycles. The Morgan fingerprint density at radius 3 is 2.50 bits per heavy atom. The van der Waals surface area contributed by atoms with Crippen LogP contribution in [0.3, 0.4) is 0 Å². The first-order valence-corrected chi connectivity index (χ1v) is 6.69.